The van der Waals surface area contributed by atoms with Crippen LogP contribution in [0, 0.1) is 0 Å². The van der Waals surface area contributed by atoms with Crippen molar-refractivity contribution < 1.29 is 14.3 Å². The Morgan fingerprint density at radius 2 is 2.09 bits per heavy atom. The maximum atomic E-state index is 12.5. The van der Waals surface area contributed by atoms with Crippen molar-refractivity contribution in [1.82, 2.24) is 4.90 Å². The van der Waals surface area contributed by atoms with Gasteiger partial charge >= 0.3 is 0 Å². The monoisotopic (exact) mass is 301 g/mol. The number of benzene rings is 1. The van der Waals surface area contributed by atoms with Crippen LogP contribution in [0.2, 0.25) is 0 Å². The smallest absolute Gasteiger partial charge is 0.253 e. The predicted octanol–water partition coefficient (Wildman–Crippen LogP) is 2.54. The fourth-order valence-corrected chi connectivity index (χ4v) is 2.98. The summed E-state index contributed by atoms with van der Waals surface area (Å²) in [6.45, 7) is 2.71. The van der Waals surface area contributed by atoms with Gasteiger partial charge in [0.05, 0.1) is 31.2 Å². The van der Waals surface area contributed by atoms with Gasteiger partial charge in [-0.05, 0) is 31.2 Å². The predicted molar refractivity (Wildman–Crippen MR) is 84.4 cm³/mol. The van der Waals surface area contributed by atoms with E-state index < -0.39 is 0 Å². The average Bonchev–Trinajstić information content (AvgIpc) is 2.61. The number of carbonyl (C=O) groups excluding carboxylic acids is 1. The molecule has 0 aromatic heterocycles. The number of amides is 1. The molecule has 118 valence electrons. The first-order valence-corrected chi connectivity index (χ1v) is 8.08. The lowest BCUT2D eigenvalue weighted by Crippen LogP contribution is -2.46. The molecule has 22 heavy (non-hydrogen) atoms. The quantitative estimate of drug-likeness (QED) is 0.858. The van der Waals surface area contributed by atoms with Crippen molar-refractivity contribution in [2.24, 2.45) is 0 Å². The zero-order chi connectivity index (χ0) is 15.2. The largest absolute Gasteiger partial charge is 0.501 e. The Hall–Kier alpha value is -1.81. The third-order valence-electron chi connectivity index (χ3n) is 4.23. The van der Waals surface area contributed by atoms with Gasteiger partial charge in [0.15, 0.2) is 0 Å². The van der Waals surface area contributed by atoms with Crippen LogP contribution in [0.4, 0.5) is 0 Å². The molecule has 0 bridgehead atoms. The van der Waals surface area contributed by atoms with E-state index in [0.29, 0.717) is 19.7 Å². The second kappa shape index (κ2) is 7.45. The van der Waals surface area contributed by atoms with Crippen LogP contribution in [-0.2, 0) is 20.7 Å². The normalized spacial score (nSPS) is 21.9. The maximum Gasteiger partial charge on any atom is 0.253 e. The summed E-state index contributed by atoms with van der Waals surface area (Å²) >= 11 is 0. The van der Waals surface area contributed by atoms with Crippen LogP contribution in [0.25, 0.3) is 0 Å². The van der Waals surface area contributed by atoms with Gasteiger partial charge in [0.1, 0.15) is 0 Å². The number of carbonyl (C=O) groups is 1. The molecule has 4 nitrogen and oxygen atoms in total. The molecule has 1 saturated heterocycles. The number of rotatable bonds is 4. The number of hydrogen-bond donors (Lipinski definition) is 0. The molecule has 1 amide bonds. The fraction of sp³-hybridized carbons (Fsp3) is 0.500. The molecule has 1 aromatic rings. The van der Waals surface area contributed by atoms with Crippen LogP contribution in [0.5, 0.6) is 0 Å². The Labute approximate surface area is 131 Å². The van der Waals surface area contributed by atoms with Crippen LogP contribution in [0.3, 0.4) is 0 Å². The Morgan fingerprint density at radius 1 is 1.23 bits per heavy atom. The highest BCUT2D eigenvalue weighted by atomic mass is 16.5. The van der Waals surface area contributed by atoms with E-state index >= 15 is 0 Å². The Kier molecular flexibility index (Phi) is 5.11. The molecule has 1 aromatic carbocycles. The van der Waals surface area contributed by atoms with E-state index in [1.807, 2.05) is 11.0 Å². The van der Waals surface area contributed by atoms with Gasteiger partial charge in [-0.25, -0.2) is 0 Å². The van der Waals surface area contributed by atoms with Crippen LogP contribution >= 0.6 is 0 Å². The maximum absolute atomic E-state index is 12.5. The van der Waals surface area contributed by atoms with Crippen LogP contribution in [-0.4, -0.2) is 43.2 Å². The van der Waals surface area contributed by atoms with E-state index in [1.54, 1.807) is 6.26 Å². The molecule has 0 saturated carbocycles. The summed E-state index contributed by atoms with van der Waals surface area (Å²) in [6.07, 6.45) is 5.45. The van der Waals surface area contributed by atoms with E-state index in [9.17, 15) is 4.79 Å². The van der Waals surface area contributed by atoms with Crippen molar-refractivity contribution >= 4 is 5.91 Å². The van der Waals surface area contributed by atoms with Gasteiger partial charge in [-0.15, -0.1) is 0 Å². The number of ether oxygens (including phenoxy) is 2. The van der Waals surface area contributed by atoms with E-state index in [2.05, 4.69) is 24.3 Å². The van der Waals surface area contributed by atoms with Gasteiger partial charge in [0.25, 0.3) is 5.91 Å². The Bertz CT molecular complexity index is 526. The number of hydrogen-bond acceptors (Lipinski definition) is 3. The zero-order valence-electron chi connectivity index (χ0n) is 12.9. The zero-order valence-corrected chi connectivity index (χ0v) is 12.9. The minimum absolute atomic E-state index is 0.118. The van der Waals surface area contributed by atoms with Gasteiger partial charge in [0.2, 0.25) is 0 Å². The third-order valence-corrected chi connectivity index (χ3v) is 4.23. The second-order valence-corrected chi connectivity index (χ2v) is 5.89. The molecule has 2 heterocycles. The number of morpholine rings is 1. The van der Waals surface area contributed by atoms with Gasteiger partial charge in [0, 0.05) is 13.1 Å². The highest BCUT2D eigenvalue weighted by molar-refractivity contribution is 5.93. The third kappa shape index (κ3) is 3.89. The molecule has 1 fully saturated rings. The lowest BCUT2D eigenvalue weighted by molar-refractivity contribution is -0.135. The summed E-state index contributed by atoms with van der Waals surface area (Å²) in [7, 11) is 0. The van der Waals surface area contributed by atoms with Gasteiger partial charge in [-0.1, -0.05) is 30.3 Å². The summed E-state index contributed by atoms with van der Waals surface area (Å²) in [5, 5.41) is 0. The fourth-order valence-electron chi connectivity index (χ4n) is 2.98. The Balaban J connectivity index is 1.52. The molecule has 0 spiro atoms. The van der Waals surface area contributed by atoms with Crippen molar-refractivity contribution in [1.29, 1.82) is 0 Å². The molecular formula is C18H23NO3. The lowest BCUT2D eigenvalue weighted by atomic mass is 10.0. The van der Waals surface area contributed by atoms with E-state index in [0.717, 1.165) is 37.9 Å². The minimum Gasteiger partial charge on any atom is -0.501 e. The van der Waals surface area contributed by atoms with Crippen LogP contribution < -0.4 is 0 Å². The van der Waals surface area contributed by atoms with Gasteiger partial charge in [-0.3, -0.25) is 4.79 Å². The first kappa shape index (κ1) is 15.1. The van der Waals surface area contributed by atoms with E-state index in [-0.39, 0.29) is 12.0 Å². The second-order valence-electron chi connectivity index (χ2n) is 5.89. The number of nitrogens with zero attached hydrogens (tertiary/aromatic N) is 1. The Morgan fingerprint density at radius 3 is 2.86 bits per heavy atom. The molecule has 0 aliphatic carbocycles. The summed E-state index contributed by atoms with van der Waals surface area (Å²) < 4.78 is 11.1. The molecule has 3 rings (SSSR count). The van der Waals surface area contributed by atoms with E-state index in [4.69, 9.17) is 9.47 Å². The van der Waals surface area contributed by atoms with Crippen molar-refractivity contribution in [2.75, 3.05) is 26.3 Å². The van der Waals surface area contributed by atoms with Crippen molar-refractivity contribution in [3.05, 3.63) is 47.7 Å². The van der Waals surface area contributed by atoms with Gasteiger partial charge in [-0.2, -0.15) is 0 Å². The summed E-state index contributed by atoms with van der Waals surface area (Å²) in [4.78, 5) is 14.4. The van der Waals surface area contributed by atoms with Crippen molar-refractivity contribution in [2.45, 2.75) is 31.8 Å². The summed E-state index contributed by atoms with van der Waals surface area (Å²) in [6, 6.07) is 10.4. The highest BCUT2D eigenvalue weighted by Crippen LogP contribution is 2.18. The van der Waals surface area contributed by atoms with Crippen LogP contribution in [0.1, 0.15) is 24.8 Å². The SMILES string of the molecule is O=C(C1=COCCC1)N1CCO[C@@H](CCc2ccccc2)C1. The van der Waals surface area contributed by atoms with E-state index in [1.165, 1.54) is 5.56 Å². The molecule has 2 aliphatic heterocycles. The molecule has 1 atom stereocenters. The van der Waals surface area contributed by atoms with Crippen molar-refractivity contribution in [3.63, 3.8) is 0 Å². The molecule has 0 unspecified atom stereocenters. The molecule has 2 aliphatic rings. The molecule has 0 N–H and O–H groups in total. The molecular weight excluding hydrogens is 278 g/mol. The number of aryl methyl sites for hydroxylation is 1. The minimum atomic E-state index is 0.118. The molecule has 4 heteroatoms. The van der Waals surface area contributed by atoms with Crippen LogP contribution in [0.15, 0.2) is 42.2 Å². The highest BCUT2D eigenvalue weighted by Gasteiger charge is 2.26. The van der Waals surface area contributed by atoms with Crippen molar-refractivity contribution in [3.8, 4) is 0 Å². The summed E-state index contributed by atoms with van der Waals surface area (Å²) in [5.41, 5.74) is 2.12. The standard InChI is InChI=1S/C18H23NO3/c20-18(16-7-4-11-21-14-16)19-10-12-22-17(13-19)9-8-15-5-2-1-3-6-15/h1-3,5-6,14,17H,4,7-13H2/t17-/m0/s1. The van der Waals surface area contributed by atoms with Gasteiger partial charge < -0.3 is 14.4 Å². The summed E-state index contributed by atoms with van der Waals surface area (Å²) in [5.74, 6) is 0.118. The topological polar surface area (TPSA) is 38.8 Å². The lowest BCUT2D eigenvalue weighted by Gasteiger charge is -2.34. The molecule has 0 radical (unpaired) electrons. The average molecular weight is 301 g/mol. The first-order valence-electron chi connectivity index (χ1n) is 8.08. The first-order chi connectivity index (χ1) is 10.8.